The van der Waals surface area contributed by atoms with Gasteiger partial charge in [-0.3, -0.25) is 0 Å². The Morgan fingerprint density at radius 1 is 0.750 bits per heavy atom. The number of nitrogens with zero attached hydrogens (tertiary/aromatic N) is 2. The SMILES string of the molecule is C[Si](C)(C)c1ccc(-c2[c-]cccc2)nc1.Cc1c[c-]c(-c2cc(Cc3ccccc3)ccn2)c2oc3ccccc3c12.[Ir]. The van der Waals surface area contributed by atoms with Crippen LogP contribution in [0.15, 0.2) is 126 Å². The fourth-order valence-electron chi connectivity index (χ4n) is 5.22. The average molecular weight is 767 g/mol. The van der Waals surface area contributed by atoms with Crippen LogP contribution in [0.25, 0.3) is 44.5 Å². The molecule has 0 saturated heterocycles. The number of hydrogen-bond acceptors (Lipinski definition) is 3. The molecule has 3 aromatic heterocycles. The van der Waals surface area contributed by atoms with Crippen LogP contribution in [-0.2, 0) is 26.5 Å². The van der Waals surface area contributed by atoms with E-state index in [0.717, 1.165) is 50.9 Å². The van der Waals surface area contributed by atoms with Crippen molar-refractivity contribution in [1.29, 1.82) is 0 Å². The summed E-state index contributed by atoms with van der Waals surface area (Å²) in [5.74, 6) is 0. The Morgan fingerprint density at radius 3 is 2.25 bits per heavy atom. The van der Waals surface area contributed by atoms with Crippen molar-refractivity contribution in [1.82, 2.24) is 9.97 Å². The van der Waals surface area contributed by atoms with E-state index in [2.05, 4.69) is 103 Å². The van der Waals surface area contributed by atoms with Crippen molar-refractivity contribution in [2.24, 2.45) is 0 Å². The van der Waals surface area contributed by atoms with E-state index in [-0.39, 0.29) is 20.1 Å². The third kappa shape index (κ3) is 6.97. The third-order valence-electron chi connectivity index (χ3n) is 7.60. The summed E-state index contributed by atoms with van der Waals surface area (Å²) in [5, 5.41) is 3.68. The summed E-state index contributed by atoms with van der Waals surface area (Å²) in [6.45, 7) is 9.10. The average Bonchev–Trinajstić information content (AvgIpc) is 3.43. The van der Waals surface area contributed by atoms with Crippen molar-refractivity contribution in [3.05, 3.63) is 150 Å². The zero-order valence-electron chi connectivity index (χ0n) is 25.4. The van der Waals surface area contributed by atoms with Crippen LogP contribution in [0.4, 0.5) is 0 Å². The first-order valence-corrected chi connectivity index (χ1v) is 18.1. The molecule has 0 spiro atoms. The first kappa shape index (κ1) is 31.3. The Morgan fingerprint density at radius 2 is 1.52 bits per heavy atom. The van der Waals surface area contributed by atoms with Gasteiger partial charge in [-0.25, -0.2) is 0 Å². The van der Waals surface area contributed by atoms with Gasteiger partial charge in [0.2, 0.25) is 0 Å². The molecule has 7 aromatic rings. The molecule has 3 nitrogen and oxygen atoms in total. The number of hydrogen-bond donors (Lipinski definition) is 0. The molecule has 0 aliphatic carbocycles. The molecule has 221 valence electrons. The molecule has 0 atom stereocenters. The maximum atomic E-state index is 6.21. The molecule has 0 amide bonds. The maximum absolute atomic E-state index is 6.21. The normalized spacial score (nSPS) is 11.1. The summed E-state index contributed by atoms with van der Waals surface area (Å²) in [5.41, 5.74) is 9.32. The van der Waals surface area contributed by atoms with Crippen LogP contribution in [0.2, 0.25) is 19.6 Å². The Kier molecular flexibility index (Phi) is 9.70. The van der Waals surface area contributed by atoms with Crippen molar-refractivity contribution in [2.45, 2.75) is 33.0 Å². The predicted molar refractivity (Wildman–Crippen MR) is 181 cm³/mol. The quantitative estimate of drug-likeness (QED) is 0.130. The van der Waals surface area contributed by atoms with Crippen LogP contribution in [-0.4, -0.2) is 18.0 Å². The predicted octanol–water partition coefficient (Wildman–Crippen LogP) is 9.44. The number of rotatable bonds is 5. The van der Waals surface area contributed by atoms with Crippen LogP contribution in [0.5, 0.6) is 0 Å². The van der Waals surface area contributed by atoms with Crippen LogP contribution in [0, 0.1) is 19.1 Å². The summed E-state index contributed by atoms with van der Waals surface area (Å²) < 4.78 is 6.21. The number of aromatic nitrogens is 2. The van der Waals surface area contributed by atoms with Gasteiger partial charge in [-0.05, 0) is 46.3 Å². The molecular formula is C39H34IrN2OSi-2. The smallest absolute Gasteiger partial charge is 0.120 e. The summed E-state index contributed by atoms with van der Waals surface area (Å²) in [7, 11) is -1.23. The number of aryl methyl sites for hydroxylation is 1. The van der Waals surface area contributed by atoms with E-state index < -0.39 is 8.07 Å². The van der Waals surface area contributed by atoms with Crippen molar-refractivity contribution in [3.63, 3.8) is 0 Å². The Hall–Kier alpha value is -4.15. The van der Waals surface area contributed by atoms with E-state index in [9.17, 15) is 0 Å². The van der Waals surface area contributed by atoms with Gasteiger partial charge in [0.25, 0.3) is 0 Å². The van der Waals surface area contributed by atoms with Gasteiger partial charge in [0.15, 0.2) is 0 Å². The van der Waals surface area contributed by atoms with Gasteiger partial charge in [0.05, 0.1) is 13.7 Å². The topological polar surface area (TPSA) is 38.9 Å². The fraction of sp³-hybridized carbons (Fsp3) is 0.128. The molecule has 5 heteroatoms. The van der Waals surface area contributed by atoms with Crippen molar-refractivity contribution in [2.75, 3.05) is 0 Å². The Balaban J connectivity index is 0.000000194. The molecular weight excluding hydrogens is 733 g/mol. The van der Waals surface area contributed by atoms with Crippen molar-refractivity contribution in [3.8, 4) is 22.5 Å². The van der Waals surface area contributed by atoms with Gasteiger partial charge in [-0.1, -0.05) is 104 Å². The van der Waals surface area contributed by atoms with Gasteiger partial charge in [-0.15, -0.1) is 53.6 Å². The van der Waals surface area contributed by atoms with E-state index in [4.69, 9.17) is 4.42 Å². The maximum Gasteiger partial charge on any atom is 0.120 e. The standard InChI is InChI=1S/C25H18NO.C14H16NSi.Ir/c1-17-11-12-20(25-24(17)21-9-5-6-10-23(21)27-25)22-16-19(13-14-26-22)15-18-7-3-2-4-8-18;1-16(2,3)13-9-10-14(15-11-13)12-7-5-4-6-8-12;/h2-11,13-14,16H,15H2,1H3;4-7,9-11H,1-3H3;/q2*-1;. The Bertz CT molecular complexity index is 1980. The first-order valence-electron chi connectivity index (χ1n) is 14.6. The number of benzene rings is 4. The zero-order valence-corrected chi connectivity index (χ0v) is 28.8. The second-order valence-corrected chi connectivity index (χ2v) is 16.9. The van der Waals surface area contributed by atoms with Gasteiger partial charge >= 0.3 is 0 Å². The molecule has 0 bridgehead atoms. The van der Waals surface area contributed by atoms with Gasteiger partial charge < -0.3 is 14.4 Å². The fourth-order valence-corrected chi connectivity index (χ4v) is 6.26. The molecule has 0 unspecified atom stereocenters. The van der Waals surface area contributed by atoms with Crippen LogP contribution < -0.4 is 5.19 Å². The minimum atomic E-state index is -1.23. The summed E-state index contributed by atoms with van der Waals surface area (Å²) in [4.78, 5) is 9.13. The Labute approximate surface area is 274 Å². The van der Waals surface area contributed by atoms with Gasteiger partial charge in [0, 0.05) is 37.9 Å². The molecule has 44 heavy (non-hydrogen) atoms. The number of furan rings is 1. The molecule has 0 fully saturated rings. The van der Waals surface area contributed by atoms with Gasteiger partial charge in [0.1, 0.15) is 5.58 Å². The second kappa shape index (κ2) is 13.6. The van der Waals surface area contributed by atoms with E-state index in [0.29, 0.717) is 0 Å². The monoisotopic (exact) mass is 767 g/mol. The summed E-state index contributed by atoms with van der Waals surface area (Å²) >= 11 is 0. The number of pyridine rings is 2. The molecule has 0 aliphatic rings. The first-order chi connectivity index (χ1) is 20.9. The van der Waals surface area contributed by atoms with Crippen LogP contribution in [0.1, 0.15) is 16.7 Å². The van der Waals surface area contributed by atoms with Crippen molar-refractivity contribution >= 4 is 35.2 Å². The third-order valence-corrected chi connectivity index (χ3v) is 9.62. The minimum Gasteiger partial charge on any atom is -0.501 e. The van der Waals surface area contributed by atoms with Crippen LogP contribution >= 0.6 is 0 Å². The molecule has 4 aromatic carbocycles. The zero-order chi connectivity index (χ0) is 29.8. The molecule has 0 saturated carbocycles. The summed E-state index contributed by atoms with van der Waals surface area (Å²) in [6, 6.07) is 43.7. The number of fused-ring (bicyclic) bond motifs is 3. The van der Waals surface area contributed by atoms with Gasteiger partial charge in [-0.2, -0.15) is 0 Å². The van der Waals surface area contributed by atoms with Crippen LogP contribution in [0.3, 0.4) is 0 Å². The molecule has 3 heterocycles. The molecule has 1 radical (unpaired) electrons. The van der Waals surface area contributed by atoms with E-state index >= 15 is 0 Å². The van der Waals surface area contributed by atoms with E-state index in [1.165, 1.54) is 21.9 Å². The van der Waals surface area contributed by atoms with Crippen molar-refractivity contribution < 1.29 is 24.5 Å². The largest absolute Gasteiger partial charge is 0.501 e. The van der Waals surface area contributed by atoms with E-state index in [1.54, 1.807) is 0 Å². The number of para-hydroxylation sites is 1. The second-order valence-electron chi connectivity index (χ2n) is 11.8. The molecule has 0 N–H and O–H groups in total. The molecule has 7 rings (SSSR count). The van der Waals surface area contributed by atoms with E-state index in [1.807, 2.05) is 67.0 Å². The minimum absolute atomic E-state index is 0. The summed E-state index contributed by atoms with van der Waals surface area (Å²) in [6.07, 6.45) is 4.77. The molecule has 0 aliphatic heterocycles.